The van der Waals surface area contributed by atoms with Crippen molar-refractivity contribution < 1.29 is 14.3 Å². The first kappa shape index (κ1) is 20.0. The van der Waals surface area contributed by atoms with Crippen LogP contribution in [0.5, 0.6) is 5.75 Å². The van der Waals surface area contributed by atoms with Crippen LogP contribution >= 0.6 is 23.5 Å². The Morgan fingerprint density at radius 2 is 2.00 bits per heavy atom. The highest BCUT2D eigenvalue weighted by Crippen LogP contribution is 2.25. The molecule has 0 aromatic heterocycles. The average Bonchev–Trinajstić information content (AvgIpc) is 3.03. The summed E-state index contributed by atoms with van der Waals surface area (Å²) in [6.45, 7) is 5.85. The Kier molecular flexibility index (Phi) is 7.07. The minimum absolute atomic E-state index is 0.0417. The van der Waals surface area contributed by atoms with E-state index in [-0.39, 0.29) is 23.4 Å². The zero-order valence-electron chi connectivity index (χ0n) is 15.2. The van der Waals surface area contributed by atoms with Gasteiger partial charge in [-0.05, 0) is 45.0 Å². The van der Waals surface area contributed by atoms with Crippen LogP contribution in [0, 0.1) is 0 Å². The molecule has 0 aliphatic carbocycles. The molecule has 0 radical (unpaired) electrons. The molecule has 1 aliphatic rings. The number of nitrogens with one attached hydrogen (secondary N) is 1. The van der Waals surface area contributed by atoms with Crippen molar-refractivity contribution in [3.8, 4) is 5.75 Å². The monoisotopic (exact) mass is 382 g/mol. The molecule has 7 heteroatoms. The summed E-state index contributed by atoms with van der Waals surface area (Å²) in [5.74, 6) is 2.75. The molecule has 0 saturated carbocycles. The summed E-state index contributed by atoms with van der Waals surface area (Å²) in [6.07, 6.45) is 0.427. The van der Waals surface area contributed by atoms with Crippen LogP contribution in [0.2, 0.25) is 0 Å². The lowest BCUT2D eigenvalue weighted by molar-refractivity contribution is -0.138. The van der Waals surface area contributed by atoms with Crippen molar-refractivity contribution in [2.24, 2.45) is 0 Å². The van der Waals surface area contributed by atoms with Crippen LogP contribution in [0.15, 0.2) is 29.2 Å². The molecule has 0 spiro atoms. The van der Waals surface area contributed by atoms with Gasteiger partial charge in [0.25, 0.3) is 0 Å². The van der Waals surface area contributed by atoms with E-state index in [1.54, 1.807) is 35.5 Å². The fourth-order valence-corrected chi connectivity index (χ4v) is 4.45. The van der Waals surface area contributed by atoms with Gasteiger partial charge in [0.1, 0.15) is 11.8 Å². The Balaban J connectivity index is 1.83. The van der Waals surface area contributed by atoms with Crippen LogP contribution < -0.4 is 10.1 Å². The summed E-state index contributed by atoms with van der Waals surface area (Å²) in [7, 11) is 1.64. The number of carbonyl (C=O) groups excluding carboxylic acids is 2. The van der Waals surface area contributed by atoms with Crippen LogP contribution in [0.4, 0.5) is 0 Å². The quantitative estimate of drug-likeness (QED) is 0.767. The number of benzene rings is 1. The molecular formula is C18H26N2O3S2. The molecule has 1 unspecified atom stereocenters. The van der Waals surface area contributed by atoms with E-state index >= 15 is 0 Å². The number of methoxy groups -OCH3 is 1. The van der Waals surface area contributed by atoms with E-state index in [1.165, 1.54) is 0 Å². The van der Waals surface area contributed by atoms with Crippen molar-refractivity contribution in [1.82, 2.24) is 10.2 Å². The normalized spacial score (nSPS) is 17.4. The minimum atomic E-state index is -0.359. The summed E-state index contributed by atoms with van der Waals surface area (Å²) in [5.41, 5.74) is -0.288. The van der Waals surface area contributed by atoms with Crippen LogP contribution in [0.1, 0.15) is 27.2 Å². The average molecular weight is 383 g/mol. The molecular weight excluding hydrogens is 356 g/mol. The van der Waals surface area contributed by atoms with Crippen molar-refractivity contribution in [2.45, 2.75) is 43.7 Å². The Morgan fingerprint density at radius 1 is 1.32 bits per heavy atom. The third kappa shape index (κ3) is 6.15. The highest BCUT2D eigenvalue weighted by molar-refractivity contribution is 7.99. The second-order valence-corrected chi connectivity index (χ2v) is 9.06. The second kappa shape index (κ2) is 8.85. The number of rotatable bonds is 6. The summed E-state index contributed by atoms with van der Waals surface area (Å²) in [5, 5.41) is 2.98. The fourth-order valence-electron chi connectivity index (χ4n) is 2.43. The molecule has 1 aromatic rings. The molecule has 138 valence electrons. The lowest BCUT2D eigenvalue weighted by atomic mass is 10.1. The molecule has 5 nitrogen and oxygen atoms in total. The molecule has 1 saturated heterocycles. The van der Waals surface area contributed by atoms with Crippen molar-refractivity contribution in [3.63, 3.8) is 0 Å². The second-order valence-electron chi connectivity index (χ2n) is 6.89. The highest BCUT2D eigenvalue weighted by Gasteiger charge is 2.35. The molecule has 1 fully saturated rings. The maximum atomic E-state index is 12.5. The van der Waals surface area contributed by atoms with Gasteiger partial charge in [-0.3, -0.25) is 9.59 Å². The fraction of sp³-hybridized carbons (Fsp3) is 0.556. The molecule has 1 atom stereocenters. The van der Waals surface area contributed by atoms with Crippen LogP contribution in [-0.4, -0.2) is 52.8 Å². The van der Waals surface area contributed by atoms with E-state index in [1.807, 2.05) is 45.0 Å². The van der Waals surface area contributed by atoms with Crippen molar-refractivity contribution >= 4 is 35.3 Å². The largest absolute Gasteiger partial charge is 0.497 e. The number of amides is 2. The van der Waals surface area contributed by atoms with E-state index < -0.39 is 0 Å². The van der Waals surface area contributed by atoms with Crippen LogP contribution in [0.25, 0.3) is 0 Å². The molecule has 1 aliphatic heterocycles. The SMILES string of the molecule is COc1ccc(SCCC(=O)N2CSCC2C(=O)NC(C)(C)C)cc1. The summed E-state index contributed by atoms with van der Waals surface area (Å²) < 4.78 is 5.14. The summed E-state index contributed by atoms with van der Waals surface area (Å²) in [4.78, 5) is 27.7. The maximum absolute atomic E-state index is 12.5. The third-order valence-electron chi connectivity index (χ3n) is 3.65. The standard InChI is InChI=1S/C18H26N2O3S2/c1-18(2,3)19-17(22)15-11-24-12-20(15)16(21)9-10-25-14-7-5-13(23-4)6-8-14/h5-8,15H,9-12H2,1-4H3,(H,19,22). The number of carbonyl (C=O) groups is 2. The molecule has 1 heterocycles. The molecule has 0 bridgehead atoms. The predicted molar refractivity (Wildman–Crippen MR) is 104 cm³/mol. The summed E-state index contributed by atoms with van der Waals surface area (Å²) >= 11 is 3.27. The predicted octanol–water partition coefficient (Wildman–Crippen LogP) is 2.99. The maximum Gasteiger partial charge on any atom is 0.244 e. The van der Waals surface area contributed by atoms with Gasteiger partial charge in [-0.2, -0.15) is 0 Å². The lowest BCUT2D eigenvalue weighted by Gasteiger charge is -2.27. The van der Waals surface area contributed by atoms with E-state index in [0.717, 1.165) is 10.6 Å². The third-order valence-corrected chi connectivity index (χ3v) is 5.67. The first-order valence-corrected chi connectivity index (χ1v) is 10.4. The number of nitrogens with zero attached hydrogens (tertiary/aromatic N) is 1. The van der Waals surface area contributed by atoms with Gasteiger partial charge < -0.3 is 15.0 Å². The Hall–Kier alpha value is -1.34. The van der Waals surface area contributed by atoms with Crippen molar-refractivity contribution in [3.05, 3.63) is 24.3 Å². The first-order valence-electron chi connectivity index (χ1n) is 8.26. The smallest absolute Gasteiger partial charge is 0.244 e. The topological polar surface area (TPSA) is 58.6 Å². The summed E-state index contributed by atoms with van der Waals surface area (Å²) in [6, 6.07) is 7.43. The van der Waals surface area contributed by atoms with Gasteiger partial charge in [0.2, 0.25) is 11.8 Å². The van der Waals surface area contributed by atoms with E-state index in [0.29, 0.717) is 23.8 Å². The minimum Gasteiger partial charge on any atom is -0.497 e. The van der Waals surface area contributed by atoms with E-state index in [9.17, 15) is 9.59 Å². The molecule has 1 aromatic carbocycles. The molecule has 2 rings (SSSR count). The Bertz CT molecular complexity index is 599. The van der Waals surface area contributed by atoms with E-state index in [4.69, 9.17) is 4.74 Å². The molecule has 25 heavy (non-hydrogen) atoms. The van der Waals surface area contributed by atoms with Gasteiger partial charge in [-0.1, -0.05) is 0 Å². The van der Waals surface area contributed by atoms with Gasteiger partial charge >= 0.3 is 0 Å². The van der Waals surface area contributed by atoms with Gasteiger partial charge in [-0.25, -0.2) is 0 Å². The Labute approximate surface area is 158 Å². The van der Waals surface area contributed by atoms with Crippen molar-refractivity contribution in [2.75, 3.05) is 24.5 Å². The van der Waals surface area contributed by atoms with Gasteiger partial charge in [0, 0.05) is 28.4 Å². The van der Waals surface area contributed by atoms with Crippen molar-refractivity contribution in [1.29, 1.82) is 0 Å². The van der Waals surface area contributed by atoms with Crippen LogP contribution in [-0.2, 0) is 9.59 Å². The van der Waals surface area contributed by atoms with Gasteiger partial charge in [0.15, 0.2) is 0 Å². The number of thioether (sulfide) groups is 2. The first-order chi connectivity index (χ1) is 11.8. The highest BCUT2D eigenvalue weighted by atomic mass is 32.2. The van der Waals surface area contributed by atoms with Gasteiger partial charge in [0.05, 0.1) is 13.0 Å². The lowest BCUT2D eigenvalue weighted by Crippen LogP contribution is -2.52. The zero-order valence-corrected chi connectivity index (χ0v) is 16.8. The van der Waals surface area contributed by atoms with E-state index in [2.05, 4.69) is 5.32 Å². The van der Waals surface area contributed by atoms with Gasteiger partial charge in [-0.15, -0.1) is 23.5 Å². The number of hydrogen-bond acceptors (Lipinski definition) is 5. The molecule has 1 N–H and O–H groups in total. The Morgan fingerprint density at radius 3 is 2.60 bits per heavy atom. The molecule has 2 amide bonds. The number of ether oxygens (including phenoxy) is 1. The number of hydrogen-bond donors (Lipinski definition) is 1. The zero-order chi connectivity index (χ0) is 18.4. The van der Waals surface area contributed by atoms with Crippen LogP contribution in [0.3, 0.4) is 0 Å².